The van der Waals surface area contributed by atoms with Crippen LogP contribution in [0.3, 0.4) is 0 Å². The fourth-order valence-electron chi connectivity index (χ4n) is 3.37. The van der Waals surface area contributed by atoms with Crippen LogP contribution in [0, 0.1) is 0 Å². The van der Waals surface area contributed by atoms with Gasteiger partial charge in [0.15, 0.2) is 11.5 Å². The van der Waals surface area contributed by atoms with E-state index in [4.69, 9.17) is 13.9 Å². The second-order valence-electron chi connectivity index (χ2n) is 7.10. The van der Waals surface area contributed by atoms with Crippen LogP contribution < -0.4 is 14.8 Å². The lowest BCUT2D eigenvalue weighted by Gasteiger charge is -2.17. The molecule has 1 heterocycles. The maximum atomic E-state index is 6.06. The average molecular weight is 494 g/mol. The molecule has 0 fully saturated rings. The van der Waals surface area contributed by atoms with Crippen LogP contribution in [0.25, 0.3) is 11.5 Å². The third-order valence-corrected chi connectivity index (χ3v) is 5.48. The number of methoxy groups -OCH3 is 1. The smallest absolute Gasteiger partial charge is 0.247 e. The Kier molecular flexibility index (Phi) is 7.19. The standard InChI is InChI=1S/C25H24BrN3O3/c1-3-31-21-14-9-17(15-22(21)30-2)16-27-23(18-10-12-20(26)13-11-18)25-29-28-24(32-25)19-7-5-4-6-8-19/h4-15,23,27H,3,16H2,1-2H3/t23-/m1/s1. The van der Waals surface area contributed by atoms with Gasteiger partial charge in [-0.05, 0) is 54.4 Å². The van der Waals surface area contributed by atoms with Crippen molar-refractivity contribution in [3.05, 3.63) is 94.3 Å². The van der Waals surface area contributed by atoms with E-state index >= 15 is 0 Å². The van der Waals surface area contributed by atoms with Crippen molar-refractivity contribution in [1.29, 1.82) is 0 Å². The molecule has 1 N–H and O–H groups in total. The number of hydrogen-bond acceptors (Lipinski definition) is 6. The van der Waals surface area contributed by atoms with E-state index in [-0.39, 0.29) is 6.04 Å². The van der Waals surface area contributed by atoms with E-state index in [9.17, 15) is 0 Å². The number of nitrogens with one attached hydrogen (secondary N) is 1. The Hall–Kier alpha value is -3.16. The second-order valence-corrected chi connectivity index (χ2v) is 8.01. The molecule has 7 heteroatoms. The van der Waals surface area contributed by atoms with Crippen LogP contribution in [-0.2, 0) is 6.54 Å². The third kappa shape index (κ3) is 5.18. The summed E-state index contributed by atoms with van der Waals surface area (Å²) in [7, 11) is 1.64. The average Bonchev–Trinajstić information content (AvgIpc) is 3.32. The molecular weight excluding hydrogens is 470 g/mol. The van der Waals surface area contributed by atoms with Gasteiger partial charge in [-0.25, -0.2) is 0 Å². The zero-order valence-electron chi connectivity index (χ0n) is 17.9. The lowest BCUT2D eigenvalue weighted by atomic mass is 10.1. The minimum atomic E-state index is -0.273. The van der Waals surface area contributed by atoms with Gasteiger partial charge in [-0.3, -0.25) is 5.32 Å². The number of aromatic nitrogens is 2. The first-order valence-electron chi connectivity index (χ1n) is 10.3. The van der Waals surface area contributed by atoms with Crippen LogP contribution in [0.5, 0.6) is 11.5 Å². The lowest BCUT2D eigenvalue weighted by molar-refractivity contribution is 0.310. The molecule has 0 amide bonds. The van der Waals surface area contributed by atoms with Gasteiger partial charge in [0.05, 0.1) is 13.7 Å². The molecule has 0 unspecified atom stereocenters. The molecule has 164 valence electrons. The Morgan fingerprint density at radius 1 is 0.969 bits per heavy atom. The Labute approximate surface area is 195 Å². The van der Waals surface area contributed by atoms with E-state index < -0.39 is 0 Å². The molecule has 0 spiro atoms. The highest BCUT2D eigenvalue weighted by atomic mass is 79.9. The summed E-state index contributed by atoms with van der Waals surface area (Å²) >= 11 is 3.50. The Morgan fingerprint density at radius 3 is 2.47 bits per heavy atom. The fourth-order valence-corrected chi connectivity index (χ4v) is 3.63. The van der Waals surface area contributed by atoms with Crippen LogP contribution in [0.1, 0.15) is 30.0 Å². The number of nitrogens with zero attached hydrogens (tertiary/aromatic N) is 2. The van der Waals surface area contributed by atoms with E-state index in [1.54, 1.807) is 7.11 Å². The molecule has 1 aromatic heterocycles. The van der Waals surface area contributed by atoms with E-state index in [0.29, 0.717) is 30.7 Å². The van der Waals surface area contributed by atoms with Crippen molar-refractivity contribution in [2.45, 2.75) is 19.5 Å². The van der Waals surface area contributed by atoms with Crippen LogP contribution in [0.15, 0.2) is 81.7 Å². The Balaban J connectivity index is 1.60. The van der Waals surface area contributed by atoms with Gasteiger partial charge in [0.2, 0.25) is 11.8 Å². The van der Waals surface area contributed by atoms with Crippen LogP contribution >= 0.6 is 15.9 Å². The first-order chi connectivity index (χ1) is 15.7. The number of rotatable bonds is 9. The van der Waals surface area contributed by atoms with Gasteiger partial charge in [-0.1, -0.05) is 52.3 Å². The summed E-state index contributed by atoms with van der Waals surface area (Å²) in [5.74, 6) is 2.43. The molecule has 0 saturated carbocycles. The SMILES string of the molecule is CCOc1ccc(CN[C@H](c2ccc(Br)cc2)c2nnc(-c3ccccc3)o2)cc1OC. The van der Waals surface area contributed by atoms with Gasteiger partial charge in [-0.15, -0.1) is 10.2 Å². The number of ether oxygens (including phenoxy) is 2. The summed E-state index contributed by atoms with van der Waals surface area (Å²) in [4.78, 5) is 0. The molecule has 0 radical (unpaired) electrons. The zero-order valence-corrected chi connectivity index (χ0v) is 19.5. The van der Waals surface area contributed by atoms with Crippen molar-refractivity contribution in [2.24, 2.45) is 0 Å². The van der Waals surface area contributed by atoms with E-state index in [0.717, 1.165) is 26.9 Å². The van der Waals surface area contributed by atoms with E-state index in [2.05, 4.69) is 31.4 Å². The van der Waals surface area contributed by atoms with Crippen molar-refractivity contribution in [2.75, 3.05) is 13.7 Å². The maximum absolute atomic E-state index is 6.06. The zero-order chi connectivity index (χ0) is 22.3. The largest absolute Gasteiger partial charge is 0.493 e. The molecular formula is C25H24BrN3O3. The summed E-state index contributed by atoms with van der Waals surface area (Å²) in [5, 5.41) is 12.2. The monoisotopic (exact) mass is 493 g/mol. The summed E-state index contributed by atoms with van der Waals surface area (Å²) in [6.07, 6.45) is 0. The summed E-state index contributed by atoms with van der Waals surface area (Å²) in [6, 6.07) is 23.5. The van der Waals surface area contributed by atoms with E-state index in [1.807, 2.05) is 79.7 Å². The van der Waals surface area contributed by atoms with E-state index in [1.165, 1.54) is 0 Å². The highest BCUT2D eigenvalue weighted by Gasteiger charge is 2.21. The minimum absolute atomic E-state index is 0.273. The van der Waals surface area contributed by atoms with Crippen LogP contribution in [0.4, 0.5) is 0 Å². The van der Waals surface area contributed by atoms with Crippen molar-refractivity contribution in [1.82, 2.24) is 15.5 Å². The molecule has 0 aliphatic rings. The van der Waals surface area contributed by atoms with Gasteiger partial charge in [-0.2, -0.15) is 0 Å². The molecule has 0 aliphatic heterocycles. The van der Waals surface area contributed by atoms with Crippen LogP contribution in [0.2, 0.25) is 0 Å². The van der Waals surface area contributed by atoms with Crippen molar-refractivity contribution in [3.63, 3.8) is 0 Å². The molecule has 0 aliphatic carbocycles. The Bertz CT molecular complexity index is 1150. The van der Waals surface area contributed by atoms with Crippen molar-refractivity contribution >= 4 is 15.9 Å². The normalized spacial score (nSPS) is 11.8. The van der Waals surface area contributed by atoms with Crippen molar-refractivity contribution < 1.29 is 13.9 Å². The summed E-state index contributed by atoms with van der Waals surface area (Å²) in [5.41, 5.74) is 2.96. The fraction of sp³-hybridized carbons (Fsp3) is 0.200. The molecule has 1 atom stereocenters. The molecule has 0 bridgehead atoms. The van der Waals surface area contributed by atoms with Gasteiger partial charge >= 0.3 is 0 Å². The molecule has 3 aromatic carbocycles. The predicted octanol–water partition coefficient (Wildman–Crippen LogP) is 5.79. The summed E-state index contributed by atoms with van der Waals surface area (Å²) < 4.78 is 18.2. The van der Waals surface area contributed by atoms with Crippen molar-refractivity contribution in [3.8, 4) is 23.0 Å². The highest BCUT2D eigenvalue weighted by Crippen LogP contribution is 2.30. The molecule has 0 saturated heterocycles. The third-order valence-electron chi connectivity index (χ3n) is 4.95. The molecule has 4 rings (SSSR count). The minimum Gasteiger partial charge on any atom is -0.493 e. The molecule has 32 heavy (non-hydrogen) atoms. The topological polar surface area (TPSA) is 69.4 Å². The summed E-state index contributed by atoms with van der Waals surface area (Å²) in [6.45, 7) is 3.11. The van der Waals surface area contributed by atoms with Gasteiger partial charge in [0.25, 0.3) is 0 Å². The van der Waals surface area contributed by atoms with Gasteiger partial charge < -0.3 is 13.9 Å². The Morgan fingerprint density at radius 2 is 1.75 bits per heavy atom. The second kappa shape index (κ2) is 10.4. The lowest BCUT2D eigenvalue weighted by Crippen LogP contribution is -2.22. The maximum Gasteiger partial charge on any atom is 0.247 e. The number of halogens is 1. The van der Waals surface area contributed by atoms with Gasteiger partial charge in [0.1, 0.15) is 6.04 Å². The molecule has 6 nitrogen and oxygen atoms in total. The van der Waals surface area contributed by atoms with Gasteiger partial charge in [0, 0.05) is 16.6 Å². The predicted molar refractivity (Wildman–Crippen MR) is 127 cm³/mol. The first kappa shape index (κ1) is 22.0. The highest BCUT2D eigenvalue weighted by molar-refractivity contribution is 9.10. The molecule has 4 aromatic rings. The number of benzene rings is 3. The quantitative estimate of drug-likeness (QED) is 0.318. The van der Waals surface area contributed by atoms with Crippen LogP contribution in [-0.4, -0.2) is 23.9 Å². The number of hydrogen-bond donors (Lipinski definition) is 1. The first-order valence-corrected chi connectivity index (χ1v) is 11.1.